The summed E-state index contributed by atoms with van der Waals surface area (Å²) < 4.78 is 12.8. The van der Waals surface area contributed by atoms with Crippen LogP contribution in [0.25, 0.3) is 17.3 Å². The van der Waals surface area contributed by atoms with Gasteiger partial charge in [0.2, 0.25) is 5.91 Å². The second-order valence-corrected chi connectivity index (χ2v) is 3.44. The third kappa shape index (κ3) is 2.57. The van der Waals surface area contributed by atoms with Crippen molar-refractivity contribution < 1.29 is 9.18 Å². The predicted octanol–water partition coefficient (Wildman–Crippen LogP) is 1.71. The molecule has 0 saturated carbocycles. The molecule has 0 aliphatic heterocycles. The number of hydrogen-bond donors (Lipinski definition) is 2. The summed E-state index contributed by atoms with van der Waals surface area (Å²) in [4.78, 5) is 10.6. The fourth-order valence-electron chi connectivity index (χ4n) is 1.44. The minimum atomic E-state index is -0.531. The molecule has 0 aliphatic rings. The Labute approximate surface area is 97.0 Å². The summed E-state index contributed by atoms with van der Waals surface area (Å²) in [6.07, 6.45) is 4.38. The van der Waals surface area contributed by atoms with Gasteiger partial charge in [-0.2, -0.15) is 5.10 Å². The largest absolute Gasteiger partial charge is 0.366 e. The van der Waals surface area contributed by atoms with Crippen molar-refractivity contribution in [1.82, 2.24) is 10.2 Å². The van der Waals surface area contributed by atoms with Crippen LogP contribution in [0.1, 0.15) is 5.56 Å². The van der Waals surface area contributed by atoms with Crippen molar-refractivity contribution in [3.63, 3.8) is 0 Å². The summed E-state index contributed by atoms with van der Waals surface area (Å²) in [5, 5.41) is 6.67. The van der Waals surface area contributed by atoms with Gasteiger partial charge in [-0.15, -0.1) is 0 Å². The molecule has 3 N–H and O–H groups in total. The van der Waals surface area contributed by atoms with Crippen LogP contribution in [0.15, 0.2) is 36.5 Å². The van der Waals surface area contributed by atoms with E-state index >= 15 is 0 Å². The number of benzene rings is 1. The highest BCUT2D eigenvalue weighted by Gasteiger charge is 2.05. The van der Waals surface area contributed by atoms with Crippen LogP contribution >= 0.6 is 0 Å². The molecule has 0 bridgehead atoms. The summed E-state index contributed by atoms with van der Waals surface area (Å²) >= 11 is 0. The molecular weight excluding hydrogens is 221 g/mol. The molecule has 0 atom stereocenters. The smallest absolute Gasteiger partial charge is 0.241 e. The third-order valence-corrected chi connectivity index (χ3v) is 2.23. The number of halogens is 1. The van der Waals surface area contributed by atoms with Crippen LogP contribution in [0, 0.1) is 5.82 Å². The number of primary amides is 1. The summed E-state index contributed by atoms with van der Waals surface area (Å²) in [5.74, 6) is -0.834. The molecule has 0 spiro atoms. The van der Waals surface area contributed by atoms with Gasteiger partial charge in [-0.3, -0.25) is 9.89 Å². The Hall–Kier alpha value is -2.43. The Morgan fingerprint density at radius 2 is 2.06 bits per heavy atom. The molecule has 4 nitrogen and oxygen atoms in total. The van der Waals surface area contributed by atoms with E-state index in [9.17, 15) is 9.18 Å². The summed E-state index contributed by atoms with van der Waals surface area (Å²) in [5.41, 5.74) is 7.23. The first-order valence-corrected chi connectivity index (χ1v) is 4.93. The lowest BCUT2D eigenvalue weighted by atomic mass is 10.1. The van der Waals surface area contributed by atoms with E-state index in [1.807, 2.05) is 0 Å². The van der Waals surface area contributed by atoms with Crippen LogP contribution in [-0.4, -0.2) is 16.1 Å². The van der Waals surface area contributed by atoms with Gasteiger partial charge >= 0.3 is 0 Å². The molecule has 1 aromatic carbocycles. The maximum absolute atomic E-state index is 12.8. The fourth-order valence-corrected chi connectivity index (χ4v) is 1.44. The molecule has 5 heteroatoms. The number of aromatic nitrogens is 2. The van der Waals surface area contributed by atoms with Gasteiger partial charge in [0.15, 0.2) is 0 Å². The third-order valence-electron chi connectivity index (χ3n) is 2.23. The molecule has 0 fully saturated rings. The van der Waals surface area contributed by atoms with Crippen LogP contribution in [0.3, 0.4) is 0 Å². The van der Waals surface area contributed by atoms with Gasteiger partial charge in [0.1, 0.15) is 5.82 Å². The van der Waals surface area contributed by atoms with Gasteiger partial charge in [-0.1, -0.05) is 0 Å². The number of carbonyl (C=O) groups excluding carboxylic acids is 1. The molecule has 1 aromatic heterocycles. The molecular formula is C12H10FN3O. The van der Waals surface area contributed by atoms with Crippen LogP contribution in [-0.2, 0) is 4.79 Å². The normalized spacial score (nSPS) is 10.9. The van der Waals surface area contributed by atoms with Crippen molar-refractivity contribution in [2.45, 2.75) is 0 Å². The SMILES string of the molecule is NC(=O)/C=C\c1cn[nH]c1-c1ccc(F)cc1. The minimum Gasteiger partial charge on any atom is -0.366 e. The van der Waals surface area contributed by atoms with Crippen molar-refractivity contribution in [2.75, 3.05) is 0 Å². The quantitative estimate of drug-likeness (QED) is 0.789. The van der Waals surface area contributed by atoms with Crippen molar-refractivity contribution in [2.24, 2.45) is 5.73 Å². The average Bonchev–Trinajstić information content (AvgIpc) is 2.75. The lowest BCUT2D eigenvalue weighted by Gasteiger charge is -1.99. The number of rotatable bonds is 3. The van der Waals surface area contributed by atoms with E-state index in [2.05, 4.69) is 10.2 Å². The maximum atomic E-state index is 12.8. The Bertz CT molecular complexity index is 557. The Morgan fingerprint density at radius 1 is 1.35 bits per heavy atom. The zero-order valence-electron chi connectivity index (χ0n) is 8.85. The molecule has 0 aliphatic carbocycles. The zero-order chi connectivity index (χ0) is 12.3. The highest BCUT2D eigenvalue weighted by molar-refractivity contribution is 5.91. The molecule has 2 rings (SSSR count). The molecule has 0 unspecified atom stereocenters. The minimum absolute atomic E-state index is 0.303. The van der Waals surface area contributed by atoms with Crippen molar-refractivity contribution in [1.29, 1.82) is 0 Å². The van der Waals surface area contributed by atoms with E-state index in [-0.39, 0.29) is 5.82 Å². The number of aromatic amines is 1. The van der Waals surface area contributed by atoms with Crippen molar-refractivity contribution in [3.8, 4) is 11.3 Å². The molecule has 17 heavy (non-hydrogen) atoms. The highest BCUT2D eigenvalue weighted by Crippen LogP contribution is 2.22. The Morgan fingerprint density at radius 3 is 2.71 bits per heavy atom. The number of nitrogens with zero attached hydrogens (tertiary/aromatic N) is 1. The van der Waals surface area contributed by atoms with Crippen LogP contribution < -0.4 is 5.73 Å². The standard InChI is InChI=1S/C12H10FN3O/c13-10-4-1-8(2-5-10)12-9(7-15-16-12)3-6-11(14)17/h1-7H,(H2,14,17)(H,15,16)/b6-3-. The second kappa shape index (κ2) is 4.61. The topological polar surface area (TPSA) is 71.8 Å². The molecule has 0 radical (unpaired) electrons. The van der Waals surface area contributed by atoms with E-state index in [0.717, 1.165) is 11.1 Å². The first-order chi connectivity index (χ1) is 8.16. The fraction of sp³-hybridized carbons (Fsp3) is 0. The number of amides is 1. The van der Waals surface area contributed by atoms with Crippen LogP contribution in [0.5, 0.6) is 0 Å². The number of hydrogen-bond acceptors (Lipinski definition) is 2. The van der Waals surface area contributed by atoms with E-state index in [4.69, 9.17) is 5.73 Å². The molecule has 1 amide bonds. The molecule has 86 valence electrons. The van der Waals surface area contributed by atoms with Crippen LogP contribution in [0.4, 0.5) is 4.39 Å². The first-order valence-electron chi connectivity index (χ1n) is 4.93. The first kappa shape index (κ1) is 11.1. The van der Waals surface area contributed by atoms with Crippen molar-refractivity contribution in [3.05, 3.63) is 47.9 Å². The maximum Gasteiger partial charge on any atom is 0.241 e. The summed E-state index contributed by atoms with van der Waals surface area (Å²) in [7, 11) is 0. The predicted molar refractivity (Wildman–Crippen MR) is 62.2 cm³/mol. The number of H-pyrrole nitrogens is 1. The van der Waals surface area contributed by atoms with Gasteiger partial charge in [0.25, 0.3) is 0 Å². The summed E-state index contributed by atoms with van der Waals surface area (Å²) in [6, 6.07) is 5.98. The van der Waals surface area contributed by atoms with E-state index in [0.29, 0.717) is 5.69 Å². The van der Waals surface area contributed by atoms with E-state index < -0.39 is 5.91 Å². The second-order valence-electron chi connectivity index (χ2n) is 3.44. The van der Waals surface area contributed by atoms with Gasteiger partial charge in [-0.25, -0.2) is 4.39 Å². The van der Waals surface area contributed by atoms with Gasteiger partial charge in [-0.05, 0) is 30.3 Å². The number of nitrogens with two attached hydrogens (primary N) is 1. The van der Waals surface area contributed by atoms with Gasteiger partial charge in [0.05, 0.1) is 11.9 Å². The van der Waals surface area contributed by atoms with Crippen molar-refractivity contribution >= 4 is 12.0 Å². The molecule has 1 heterocycles. The average molecular weight is 231 g/mol. The molecule has 2 aromatic rings. The highest BCUT2D eigenvalue weighted by atomic mass is 19.1. The number of carbonyl (C=O) groups is 1. The van der Waals surface area contributed by atoms with E-state index in [1.165, 1.54) is 18.2 Å². The van der Waals surface area contributed by atoms with Crippen LogP contribution in [0.2, 0.25) is 0 Å². The monoisotopic (exact) mass is 231 g/mol. The zero-order valence-corrected chi connectivity index (χ0v) is 8.85. The molecule has 0 saturated heterocycles. The van der Waals surface area contributed by atoms with E-state index in [1.54, 1.807) is 24.4 Å². The Kier molecular flexibility index (Phi) is 3.00. The van der Waals surface area contributed by atoms with Gasteiger partial charge in [0, 0.05) is 17.2 Å². The van der Waals surface area contributed by atoms with Gasteiger partial charge < -0.3 is 5.73 Å². The lowest BCUT2D eigenvalue weighted by Crippen LogP contribution is -2.05. The lowest BCUT2D eigenvalue weighted by molar-refractivity contribution is -0.113. The summed E-state index contributed by atoms with van der Waals surface area (Å²) in [6.45, 7) is 0. The number of nitrogens with one attached hydrogen (secondary N) is 1. The Balaban J connectivity index is 2.36.